The van der Waals surface area contributed by atoms with Crippen LogP contribution in [-0.2, 0) is 0 Å². The minimum atomic E-state index is -0.469. The highest BCUT2D eigenvalue weighted by Crippen LogP contribution is 2.18. The highest BCUT2D eigenvalue weighted by atomic mass is 19.1. The van der Waals surface area contributed by atoms with Crippen LogP contribution in [0.5, 0.6) is 5.75 Å². The largest absolute Gasteiger partial charge is 0.496 e. The fourth-order valence-corrected chi connectivity index (χ4v) is 1.37. The van der Waals surface area contributed by atoms with Crippen LogP contribution in [-0.4, -0.2) is 25.6 Å². The Kier molecular flexibility index (Phi) is 4.90. The van der Waals surface area contributed by atoms with E-state index in [-0.39, 0.29) is 17.5 Å². The van der Waals surface area contributed by atoms with Crippen molar-refractivity contribution in [1.82, 2.24) is 5.32 Å². The van der Waals surface area contributed by atoms with E-state index < -0.39 is 5.82 Å². The lowest BCUT2D eigenvalue weighted by atomic mass is 10.1. The summed E-state index contributed by atoms with van der Waals surface area (Å²) in [6, 6.07) is 3.85. The molecular formula is C12H17FN2O2. The molecule has 0 aliphatic rings. The molecule has 5 heteroatoms. The maximum absolute atomic E-state index is 13.0. The molecular weight excluding hydrogens is 223 g/mol. The van der Waals surface area contributed by atoms with Gasteiger partial charge in [-0.1, -0.05) is 0 Å². The van der Waals surface area contributed by atoms with Crippen molar-refractivity contribution in [3.63, 3.8) is 0 Å². The Morgan fingerprint density at radius 2 is 2.29 bits per heavy atom. The van der Waals surface area contributed by atoms with Crippen molar-refractivity contribution < 1.29 is 13.9 Å². The Bertz CT molecular complexity index is 394. The van der Waals surface area contributed by atoms with Crippen LogP contribution in [0.3, 0.4) is 0 Å². The van der Waals surface area contributed by atoms with Crippen LogP contribution in [0.25, 0.3) is 0 Å². The molecule has 0 spiro atoms. The first-order chi connectivity index (χ1) is 8.04. The summed E-state index contributed by atoms with van der Waals surface area (Å²) in [6.07, 6.45) is 0.670. The lowest BCUT2D eigenvalue weighted by molar-refractivity contribution is 0.0949. The Morgan fingerprint density at radius 1 is 1.59 bits per heavy atom. The highest BCUT2D eigenvalue weighted by molar-refractivity contribution is 5.96. The van der Waals surface area contributed by atoms with Crippen LogP contribution in [0.15, 0.2) is 18.2 Å². The van der Waals surface area contributed by atoms with Gasteiger partial charge in [-0.3, -0.25) is 4.79 Å². The molecule has 0 aliphatic heterocycles. The maximum Gasteiger partial charge on any atom is 0.255 e. The van der Waals surface area contributed by atoms with E-state index in [0.717, 1.165) is 6.07 Å². The normalized spacial score (nSPS) is 12.0. The summed E-state index contributed by atoms with van der Waals surface area (Å²) in [5, 5.41) is 2.67. The van der Waals surface area contributed by atoms with Gasteiger partial charge in [0.1, 0.15) is 11.6 Å². The Hall–Kier alpha value is -1.62. The molecule has 0 saturated heterocycles. The van der Waals surface area contributed by atoms with Crippen LogP contribution in [0.4, 0.5) is 4.39 Å². The average Bonchev–Trinajstić information content (AvgIpc) is 2.28. The summed E-state index contributed by atoms with van der Waals surface area (Å²) in [5.74, 6) is -0.477. The molecule has 0 heterocycles. The first kappa shape index (κ1) is 13.4. The second-order valence-corrected chi connectivity index (χ2v) is 3.87. The zero-order valence-corrected chi connectivity index (χ0v) is 10.00. The number of hydrogen-bond acceptors (Lipinski definition) is 3. The van der Waals surface area contributed by atoms with E-state index in [2.05, 4.69) is 5.32 Å². The molecule has 1 atom stereocenters. The lowest BCUT2D eigenvalue weighted by Gasteiger charge is -2.10. The van der Waals surface area contributed by atoms with Crippen molar-refractivity contribution in [2.45, 2.75) is 19.4 Å². The summed E-state index contributed by atoms with van der Waals surface area (Å²) in [5.41, 5.74) is 5.75. The van der Waals surface area contributed by atoms with Crippen molar-refractivity contribution in [2.24, 2.45) is 5.73 Å². The zero-order valence-electron chi connectivity index (χ0n) is 10.00. The number of benzene rings is 1. The topological polar surface area (TPSA) is 64.3 Å². The predicted octanol–water partition coefficient (Wildman–Crippen LogP) is 1.30. The van der Waals surface area contributed by atoms with Crippen molar-refractivity contribution in [1.29, 1.82) is 0 Å². The molecule has 1 amide bonds. The summed E-state index contributed by atoms with van der Waals surface area (Å²) >= 11 is 0. The van der Waals surface area contributed by atoms with Gasteiger partial charge >= 0.3 is 0 Å². The predicted molar refractivity (Wildman–Crippen MR) is 63.6 cm³/mol. The molecule has 0 fully saturated rings. The molecule has 0 aromatic heterocycles. The van der Waals surface area contributed by atoms with Gasteiger partial charge in [-0.15, -0.1) is 0 Å². The van der Waals surface area contributed by atoms with Crippen molar-refractivity contribution in [2.75, 3.05) is 13.7 Å². The summed E-state index contributed by atoms with van der Waals surface area (Å²) < 4.78 is 18.0. The van der Waals surface area contributed by atoms with E-state index in [0.29, 0.717) is 18.7 Å². The van der Waals surface area contributed by atoms with Crippen molar-refractivity contribution in [3.05, 3.63) is 29.6 Å². The zero-order chi connectivity index (χ0) is 12.8. The number of carbonyl (C=O) groups is 1. The smallest absolute Gasteiger partial charge is 0.255 e. The van der Waals surface area contributed by atoms with Crippen LogP contribution in [0.2, 0.25) is 0 Å². The van der Waals surface area contributed by atoms with Gasteiger partial charge in [0.25, 0.3) is 5.91 Å². The molecule has 3 N–H and O–H groups in total. The lowest BCUT2D eigenvalue weighted by Crippen LogP contribution is -2.29. The van der Waals surface area contributed by atoms with Crippen LogP contribution in [0, 0.1) is 5.82 Å². The monoisotopic (exact) mass is 240 g/mol. The number of nitrogens with two attached hydrogens (primary N) is 1. The van der Waals surface area contributed by atoms with E-state index >= 15 is 0 Å². The molecule has 0 aliphatic carbocycles. The number of halogens is 1. The standard InChI is InChI=1S/C12H17FN2O2/c1-8(14)5-6-15-12(16)10-7-9(13)3-4-11(10)17-2/h3-4,7-8H,5-6,14H2,1-2H3,(H,15,16). The van der Waals surface area contributed by atoms with E-state index in [1.165, 1.54) is 19.2 Å². The second-order valence-electron chi connectivity index (χ2n) is 3.87. The van der Waals surface area contributed by atoms with Crippen molar-refractivity contribution in [3.8, 4) is 5.75 Å². The number of methoxy groups -OCH3 is 1. The third-order valence-corrected chi connectivity index (χ3v) is 2.29. The van der Waals surface area contributed by atoms with Crippen LogP contribution < -0.4 is 15.8 Å². The molecule has 0 radical (unpaired) electrons. The Morgan fingerprint density at radius 3 is 2.88 bits per heavy atom. The molecule has 4 nitrogen and oxygen atoms in total. The molecule has 0 saturated carbocycles. The molecule has 1 rings (SSSR count). The first-order valence-corrected chi connectivity index (χ1v) is 5.42. The average molecular weight is 240 g/mol. The molecule has 0 bridgehead atoms. The summed E-state index contributed by atoms with van der Waals surface area (Å²) in [7, 11) is 1.44. The van der Waals surface area contributed by atoms with E-state index in [1.54, 1.807) is 0 Å². The third-order valence-electron chi connectivity index (χ3n) is 2.29. The second kappa shape index (κ2) is 6.20. The van der Waals surface area contributed by atoms with Gasteiger partial charge in [0.2, 0.25) is 0 Å². The first-order valence-electron chi connectivity index (χ1n) is 5.42. The number of amides is 1. The summed E-state index contributed by atoms with van der Waals surface area (Å²) in [4.78, 5) is 11.8. The van der Waals surface area contributed by atoms with Gasteiger partial charge in [-0.05, 0) is 31.5 Å². The molecule has 1 aromatic carbocycles. The highest BCUT2D eigenvalue weighted by Gasteiger charge is 2.12. The van der Waals surface area contributed by atoms with Gasteiger partial charge in [0.15, 0.2) is 0 Å². The molecule has 94 valence electrons. The minimum Gasteiger partial charge on any atom is -0.496 e. The number of nitrogens with one attached hydrogen (secondary N) is 1. The fraction of sp³-hybridized carbons (Fsp3) is 0.417. The van der Waals surface area contributed by atoms with Crippen LogP contribution in [0.1, 0.15) is 23.7 Å². The number of ether oxygens (including phenoxy) is 1. The van der Waals surface area contributed by atoms with E-state index in [4.69, 9.17) is 10.5 Å². The minimum absolute atomic E-state index is 0.0182. The van der Waals surface area contributed by atoms with Gasteiger partial charge < -0.3 is 15.8 Å². The van der Waals surface area contributed by atoms with Gasteiger partial charge in [-0.2, -0.15) is 0 Å². The van der Waals surface area contributed by atoms with Gasteiger partial charge in [0, 0.05) is 12.6 Å². The molecule has 1 unspecified atom stereocenters. The third kappa shape index (κ3) is 4.03. The van der Waals surface area contributed by atoms with Gasteiger partial charge in [0.05, 0.1) is 12.7 Å². The number of hydrogen-bond donors (Lipinski definition) is 2. The van der Waals surface area contributed by atoms with Gasteiger partial charge in [-0.25, -0.2) is 4.39 Å². The van der Waals surface area contributed by atoms with E-state index in [9.17, 15) is 9.18 Å². The Balaban J connectivity index is 2.70. The van der Waals surface area contributed by atoms with E-state index in [1.807, 2.05) is 6.92 Å². The van der Waals surface area contributed by atoms with Crippen LogP contribution >= 0.6 is 0 Å². The fourth-order valence-electron chi connectivity index (χ4n) is 1.37. The number of rotatable bonds is 5. The number of carbonyl (C=O) groups excluding carboxylic acids is 1. The Labute approximate surface area is 100.0 Å². The van der Waals surface area contributed by atoms with Crippen molar-refractivity contribution >= 4 is 5.91 Å². The molecule has 1 aromatic rings. The summed E-state index contributed by atoms with van der Waals surface area (Å²) in [6.45, 7) is 2.31. The maximum atomic E-state index is 13.0. The molecule has 17 heavy (non-hydrogen) atoms. The SMILES string of the molecule is COc1ccc(F)cc1C(=O)NCCC(C)N. The quantitative estimate of drug-likeness (QED) is 0.815.